The first-order valence-corrected chi connectivity index (χ1v) is 6.73. The summed E-state index contributed by atoms with van der Waals surface area (Å²) >= 11 is 0. The van der Waals surface area contributed by atoms with Crippen molar-refractivity contribution >= 4 is 18.3 Å². The molecule has 0 saturated heterocycles. The van der Waals surface area contributed by atoms with Gasteiger partial charge in [0, 0.05) is 20.2 Å². The molecular formula is C15H25ClN2O3. The third kappa shape index (κ3) is 6.80. The van der Waals surface area contributed by atoms with Gasteiger partial charge in [-0.15, -0.1) is 12.4 Å². The maximum atomic E-state index is 11.7. The molecule has 0 aromatic heterocycles. The first-order valence-electron chi connectivity index (χ1n) is 6.73. The molecule has 0 aliphatic heterocycles. The molecule has 1 amide bonds. The smallest absolute Gasteiger partial charge is 0.222 e. The molecule has 1 aromatic carbocycles. The molecule has 0 heterocycles. The van der Waals surface area contributed by atoms with Gasteiger partial charge in [-0.2, -0.15) is 0 Å². The highest BCUT2D eigenvalue weighted by Gasteiger charge is 2.11. The molecule has 0 aliphatic rings. The highest BCUT2D eigenvalue weighted by molar-refractivity contribution is 5.85. The van der Waals surface area contributed by atoms with Crippen molar-refractivity contribution in [3.63, 3.8) is 0 Å². The average Bonchev–Trinajstić information content (AvgIpc) is 2.45. The minimum absolute atomic E-state index is 0. The monoisotopic (exact) mass is 316 g/mol. The van der Waals surface area contributed by atoms with Gasteiger partial charge in [0.1, 0.15) is 5.75 Å². The second-order valence-electron chi connectivity index (χ2n) is 4.71. The minimum Gasteiger partial charge on any atom is -0.496 e. The van der Waals surface area contributed by atoms with Crippen LogP contribution in [0.15, 0.2) is 18.2 Å². The number of carbonyl (C=O) groups is 1. The topological polar surface area (TPSA) is 73.6 Å². The lowest BCUT2D eigenvalue weighted by atomic mass is 10.1. The Morgan fingerprint density at radius 1 is 1.38 bits per heavy atom. The third-order valence-electron chi connectivity index (χ3n) is 3.16. The summed E-state index contributed by atoms with van der Waals surface area (Å²) in [4.78, 5) is 11.7. The largest absolute Gasteiger partial charge is 0.496 e. The fourth-order valence-corrected chi connectivity index (χ4v) is 1.98. The zero-order chi connectivity index (χ0) is 15.0. The van der Waals surface area contributed by atoms with E-state index in [1.54, 1.807) is 14.2 Å². The number of benzene rings is 1. The SMILES string of the molecule is COc1ccc(C)cc1CCNC(=O)CC(CN)OC.Cl. The van der Waals surface area contributed by atoms with E-state index in [1.165, 1.54) is 5.56 Å². The van der Waals surface area contributed by atoms with Crippen LogP contribution in [0.2, 0.25) is 0 Å². The Morgan fingerprint density at radius 2 is 2.10 bits per heavy atom. The van der Waals surface area contributed by atoms with Crippen molar-refractivity contribution in [2.75, 3.05) is 27.3 Å². The van der Waals surface area contributed by atoms with Crippen molar-refractivity contribution in [2.45, 2.75) is 25.9 Å². The molecule has 3 N–H and O–H groups in total. The molecule has 0 spiro atoms. The van der Waals surface area contributed by atoms with Crippen molar-refractivity contribution in [3.8, 4) is 5.75 Å². The zero-order valence-corrected chi connectivity index (χ0v) is 13.7. The van der Waals surface area contributed by atoms with Crippen molar-refractivity contribution in [1.82, 2.24) is 5.32 Å². The zero-order valence-electron chi connectivity index (χ0n) is 12.8. The van der Waals surface area contributed by atoms with E-state index in [0.29, 0.717) is 13.1 Å². The van der Waals surface area contributed by atoms with E-state index in [1.807, 2.05) is 19.1 Å². The van der Waals surface area contributed by atoms with Gasteiger partial charge < -0.3 is 20.5 Å². The molecule has 6 heteroatoms. The molecule has 1 atom stereocenters. The van der Waals surface area contributed by atoms with Crippen LogP contribution in [0.25, 0.3) is 0 Å². The van der Waals surface area contributed by atoms with Crippen LogP contribution in [-0.4, -0.2) is 39.3 Å². The van der Waals surface area contributed by atoms with E-state index in [0.717, 1.165) is 17.7 Å². The molecule has 0 saturated carbocycles. The Kier molecular flexibility index (Phi) is 9.78. The number of rotatable bonds is 8. The Bertz CT molecular complexity index is 437. The fraction of sp³-hybridized carbons (Fsp3) is 0.533. The van der Waals surface area contributed by atoms with Crippen LogP contribution in [-0.2, 0) is 16.0 Å². The Hall–Kier alpha value is -1.30. The number of ether oxygens (including phenoxy) is 2. The first-order chi connectivity index (χ1) is 9.60. The van der Waals surface area contributed by atoms with Crippen LogP contribution in [0.4, 0.5) is 0 Å². The molecule has 0 fully saturated rings. The molecule has 21 heavy (non-hydrogen) atoms. The fourth-order valence-electron chi connectivity index (χ4n) is 1.98. The Morgan fingerprint density at radius 3 is 2.67 bits per heavy atom. The molecule has 1 rings (SSSR count). The molecule has 1 aromatic rings. The Labute approximate surface area is 132 Å². The first kappa shape index (κ1) is 19.7. The maximum Gasteiger partial charge on any atom is 0.222 e. The summed E-state index contributed by atoms with van der Waals surface area (Å²) in [6.45, 7) is 2.95. The van der Waals surface area contributed by atoms with Crippen LogP contribution < -0.4 is 15.8 Å². The normalized spacial score (nSPS) is 11.4. The summed E-state index contributed by atoms with van der Waals surface area (Å²) in [5.74, 6) is 0.801. The van der Waals surface area contributed by atoms with Crippen LogP contribution in [0.1, 0.15) is 17.5 Å². The summed E-state index contributed by atoms with van der Waals surface area (Å²) in [7, 11) is 3.21. The molecule has 0 aliphatic carbocycles. The summed E-state index contributed by atoms with van der Waals surface area (Å²) in [5.41, 5.74) is 7.75. The highest BCUT2D eigenvalue weighted by atomic mass is 35.5. The third-order valence-corrected chi connectivity index (χ3v) is 3.16. The van der Waals surface area contributed by atoms with Crippen LogP contribution in [0.5, 0.6) is 5.75 Å². The van der Waals surface area contributed by atoms with Gasteiger partial charge in [0.15, 0.2) is 0 Å². The standard InChI is InChI=1S/C15H24N2O3.ClH/c1-11-4-5-14(20-3)12(8-11)6-7-17-15(18)9-13(10-16)19-2;/h4-5,8,13H,6-7,9-10,16H2,1-3H3,(H,17,18);1H. The molecule has 0 bridgehead atoms. The Balaban J connectivity index is 0.00000400. The predicted octanol–water partition coefficient (Wildman–Crippen LogP) is 1.45. The van der Waals surface area contributed by atoms with Gasteiger partial charge >= 0.3 is 0 Å². The lowest BCUT2D eigenvalue weighted by molar-refractivity contribution is -0.123. The second kappa shape index (κ2) is 10.4. The number of carbonyl (C=O) groups excluding carboxylic acids is 1. The van der Waals surface area contributed by atoms with Crippen LogP contribution in [0, 0.1) is 6.92 Å². The lowest BCUT2D eigenvalue weighted by Crippen LogP contribution is -2.33. The quantitative estimate of drug-likeness (QED) is 0.761. The summed E-state index contributed by atoms with van der Waals surface area (Å²) in [5, 5.41) is 2.87. The van der Waals surface area contributed by atoms with Gasteiger partial charge in [-0.1, -0.05) is 17.7 Å². The van der Waals surface area contributed by atoms with Gasteiger partial charge in [-0.05, 0) is 25.0 Å². The van der Waals surface area contributed by atoms with Gasteiger partial charge in [0.05, 0.1) is 19.6 Å². The second-order valence-corrected chi connectivity index (χ2v) is 4.71. The number of amides is 1. The highest BCUT2D eigenvalue weighted by Crippen LogP contribution is 2.19. The molecule has 1 unspecified atom stereocenters. The maximum absolute atomic E-state index is 11.7. The van der Waals surface area contributed by atoms with Crippen molar-refractivity contribution in [3.05, 3.63) is 29.3 Å². The molecule has 120 valence electrons. The number of hydrogen-bond acceptors (Lipinski definition) is 4. The van der Waals surface area contributed by atoms with Gasteiger partial charge in [-0.25, -0.2) is 0 Å². The number of aryl methyl sites for hydroxylation is 1. The van der Waals surface area contributed by atoms with E-state index >= 15 is 0 Å². The van der Waals surface area contributed by atoms with Crippen LogP contribution >= 0.6 is 12.4 Å². The summed E-state index contributed by atoms with van der Waals surface area (Å²) < 4.78 is 10.4. The van der Waals surface area contributed by atoms with Gasteiger partial charge in [0.2, 0.25) is 5.91 Å². The number of halogens is 1. The summed E-state index contributed by atoms with van der Waals surface area (Å²) in [6, 6.07) is 6.02. The van der Waals surface area contributed by atoms with Crippen molar-refractivity contribution < 1.29 is 14.3 Å². The number of nitrogens with one attached hydrogen (secondary N) is 1. The molecule has 0 radical (unpaired) electrons. The molecular weight excluding hydrogens is 292 g/mol. The minimum atomic E-state index is -0.219. The lowest BCUT2D eigenvalue weighted by Gasteiger charge is -2.13. The van der Waals surface area contributed by atoms with E-state index in [2.05, 4.69) is 11.4 Å². The van der Waals surface area contributed by atoms with E-state index in [4.69, 9.17) is 15.2 Å². The van der Waals surface area contributed by atoms with E-state index < -0.39 is 0 Å². The van der Waals surface area contributed by atoms with Gasteiger partial charge in [-0.3, -0.25) is 4.79 Å². The van der Waals surface area contributed by atoms with Gasteiger partial charge in [0.25, 0.3) is 0 Å². The average molecular weight is 317 g/mol. The van der Waals surface area contributed by atoms with E-state index in [9.17, 15) is 4.79 Å². The number of methoxy groups -OCH3 is 2. The van der Waals surface area contributed by atoms with Crippen molar-refractivity contribution in [1.29, 1.82) is 0 Å². The predicted molar refractivity (Wildman–Crippen MR) is 86.2 cm³/mol. The number of nitrogens with two attached hydrogens (primary N) is 1. The molecule has 5 nitrogen and oxygen atoms in total. The van der Waals surface area contributed by atoms with Crippen LogP contribution in [0.3, 0.4) is 0 Å². The van der Waals surface area contributed by atoms with E-state index in [-0.39, 0.29) is 30.8 Å². The number of hydrogen-bond donors (Lipinski definition) is 2. The van der Waals surface area contributed by atoms with Crippen molar-refractivity contribution in [2.24, 2.45) is 5.73 Å². The summed E-state index contributed by atoms with van der Waals surface area (Å²) in [6.07, 6.45) is 0.804.